The van der Waals surface area contributed by atoms with Gasteiger partial charge in [0.15, 0.2) is 0 Å². The molecule has 2 saturated heterocycles. The highest BCUT2D eigenvalue weighted by atomic mass is 16.5. The molecular weight excluding hydrogens is 508 g/mol. The van der Waals surface area contributed by atoms with Crippen LogP contribution in [0.2, 0.25) is 0 Å². The predicted molar refractivity (Wildman–Crippen MR) is 152 cm³/mol. The summed E-state index contributed by atoms with van der Waals surface area (Å²) in [5.74, 6) is -0.620. The Kier molecular flexibility index (Phi) is 10.0. The number of nitrogens with one attached hydrogen (secondary N) is 3. The summed E-state index contributed by atoms with van der Waals surface area (Å²) in [5, 5.41) is 9.17. The molecule has 0 saturated carbocycles. The minimum Gasteiger partial charge on any atom is -0.381 e. The Morgan fingerprint density at radius 3 is 2.50 bits per heavy atom. The van der Waals surface area contributed by atoms with E-state index in [1.807, 2.05) is 49.1 Å². The Bertz CT molecular complexity index is 1080. The summed E-state index contributed by atoms with van der Waals surface area (Å²) >= 11 is 0. The molecule has 2 fully saturated rings. The summed E-state index contributed by atoms with van der Waals surface area (Å²) in [7, 11) is 0. The molecule has 3 N–H and O–H groups in total. The van der Waals surface area contributed by atoms with Crippen LogP contribution in [-0.2, 0) is 30.3 Å². The Labute approximate surface area is 237 Å². The van der Waals surface area contributed by atoms with Gasteiger partial charge in [0.2, 0.25) is 23.6 Å². The van der Waals surface area contributed by atoms with E-state index in [1.54, 1.807) is 0 Å². The van der Waals surface area contributed by atoms with E-state index >= 15 is 0 Å². The van der Waals surface area contributed by atoms with Gasteiger partial charge in [0.1, 0.15) is 12.1 Å². The van der Waals surface area contributed by atoms with Gasteiger partial charge in [0.25, 0.3) is 0 Å². The Balaban J connectivity index is 1.58. The molecule has 1 spiro atoms. The highest BCUT2D eigenvalue weighted by Crippen LogP contribution is 2.36. The van der Waals surface area contributed by atoms with Gasteiger partial charge in [-0.2, -0.15) is 0 Å². The summed E-state index contributed by atoms with van der Waals surface area (Å²) in [5.41, 5.74) is 0.366. The molecule has 0 radical (unpaired) electrons. The SMILES string of the molecule is CC(=O)N[C@H](C(=O)N1CC[C@@H]2NC(=O)[C@@H](Cc3ccccc3)NC(=O)C3(C/C=C/C[C@H]2C1)CCOCC3)C(C)C. The van der Waals surface area contributed by atoms with Gasteiger partial charge in [0, 0.05) is 51.6 Å². The maximum absolute atomic E-state index is 13.7. The molecule has 3 aliphatic heterocycles. The highest BCUT2D eigenvalue weighted by molar-refractivity contribution is 5.91. The number of ether oxygens (including phenoxy) is 1. The van der Waals surface area contributed by atoms with Crippen LogP contribution in [0.25, 0.3) is 0 Å². The lowest BCUT2D eigenvalue weighted by atomic mass is 9.75. The van der Waals surface area contributed by atoms with Gasteiger partial charge < -0.3 is 25.6 Å². The van der Waals surface area contributed by atoms with Crippen molar-refractivity contribution in [2.75, 3.05) is 26.3 Å². The van der Waals surface area contributed by atoms with Crippen molar-refractivity contribution >= 4 is 23.6 Å². The molecule has 0 bridgehead atoms. The molecule has 9 heteroatoms. The Hall–Kier alpha value is -3.20. The third-order valence-electron chi connectivity index (χ3n) is 8.61. The fourth-order valence-electron chi connectivity index (χ4n) is 6.11. The quantitative estimate of drug-likeness (QED) is 0.485. The molecule has 1 aromatic rings. The van der Waals surface area contributed by atoms with E-state index in [2.05, 4.69) is 28.1 Å². The highest BCUT2D eigenvalue weighted by Gasteiger charge is 2.42. The van der Waals surface area contributed by atoms with Crippen molar-refractivity contribution in [1.29, 1.82) is 0 Å². The maximum atomic E-state index is 13.7. The second kappa shape index (κ2) is 13.4. The number of rotatable bonds is 5. The van der Waals surface area contributed by atoms with Crippen LogP contribution in [0.1, 0.15) is 58.4 Å². The van der Waals surface area contributed by atoms with Crippen molar-refractivity contribution in [3.8, 4) is 0 Å². The number of hydrogen-bond acceptors (Lipinski definition) is 5. The second-order valence-electron chi connectivity index (χ2n) is 11.9. The average Bonchev–Trinajstić information content (AvgIpc) is 2.94. The number of piperidine rings is 1. The lowest BCUT2D eigenvalue weighted by Crippen LogP contribution is -2.60. The Morgan fingerprint density at radius 1 is 1.10 bits per heavy atom. The van der Waals surface area contributed by atoms with Crippen LogP contribution in [-0.4, -0.2) is 73.0 Å². The first kappa shape index (κ1) is 29.8. The molecule has 0 aliphatic carbocycles. The van der Waals surface area contributed by atoms with E-state index in [-0.39, 0.29) is 41.5 Å². The van der Waals surface area contributed by atoms with Crippen LogP contribution in [0.5, 0.6) is 0 Å². The molecule has 0 aromatic heterocycles. The zero-order chi connectivity index (χ0) is 28.7. The molecule has 4 atom stereocenters. The third-order valence-corrected chi connectivity index (χ3v) is 8.61. The standard InChI is InChI=1S/C31H44N4O5/c1-21(2)27(32-22(3)36)29(38)35-16-12-25-24(20-35)11-7-8-13-31(14-17-40-18-15-31)30(39)34-26(28(37)33-25)19-23-9-5-4-6-10-23/h4-10,21,24-27H,11-20H2,1-3H3,(H,32,36)(H,33,37)(H,34,39)/b8-7+/t24-,25-,26+,27-/m0/s1. The molecule has 40 heavy (non-hydrogen) atoms. The van der Waals surface area contributed by atoms with E-state index in [9.17, 15) is 19.2 Å². The van der Waals surface area contributed by atoms with Crippen LogP contribution >= 0.6 is 0 Å². The van der Waals surface area contributed by atoms with E-state index in [0.717, 1.165) is 5.56 Å². The number of carbonyl (C=O) groups is 4. The van der Waals surface area contributed by atoms with Crippen molar-refractivity contribution in [2.24, 2.45) is 17.3 Å². The minimum absolute atomic E-state index is 0.0150. The van der Waals surface area contributed by atoms with Gasteiger partial charge in [0.05, 0.1) is 5.41 Å². The normalized spacial score (nSPS) is 26.9. The molecule has 4 rings (SSSR count). The smallest absolute Gasteiger partial charge is 0.245 e. The lowest BCUT2D eigenvalue weighted by Gasteiger charge is -2.41. The van der Waals surface area contributed by atoms with Gasteiger partial charge >= 0.3 is 0 Å². The first-order valence-corrected chi connectivity index (χ1v) is 14.6. The fraction of sp³-hybridized carbons (Fsp3) is 0.613. The van der Waals surface area contributed by atoms with Gasteiger partial charge in [-0.1, -0.05) is 56.3 Å². The first-order valence-electron chi connectivity index (χ1n) is 14.6. The average molecular weight is 553 g/mol. The van der Waals surface area contributed by atoms with E-state index in [0.29, 0.717) is 64.8 Å². The number of amides is 4. The number of fused-ring (bicyclic) bond motifs is 1. The monoisotopic (exact) mass is 552 g/mol. The van der Waals surface area contributed by atoms with Gasteiger partial charge in [-0.15, -0.1) is 0 Å². The van der Waals surface area contributed by atoms with Crippen molar-refractivity contribution in [3.63, 3.8) is 0 Å². The predicted octanol–water partition coefficient (Wildman–Crippen LogP) is 2.35. The van der Waals surface area contributed by atoms with Crippen molar-refractivity contribution in [3.05, 3.63) is 48.0 Å². The maximum Gasteiger partial charge on any atom is 0.245 e. The molecule has 1 aromatic carbocycles. The van der Waals surface area contributed by atoms with Gasteiger partial charge in [-0.25, -0.2) is 0 Å². The van der Waals surface area contributed by atoms with Crippen LogP contribution < -0.4 is 16.0 Å². The van der Waals surface area contributed by atoms with Crippen molar-refractivity contribution in [2.45, 2.75) is 77.4 Å². The first-order chi connectivity index (χ1) is 19.2. The van der Waals surface area contributed by atoms with Gasteiger partial charge in [-0.05, 0) is 43.6 Å². The summed E-state index contributed by atoms with van der Waals surface area (Å²) in [6.45, 7) is 7.30. The van der Waals surface area contributed by atoms with Crippen LogP contribution in [0, 0.1) is 17.3 Å². The van der Waals surface area contributed by atoms with Crippen molar-refractivity contribution < 1.29 is 23.9 Å². The molecule has 4 amide bonds. The Morgan fingerprint density at radius 2 is 1.82 bits per heavy atom. The summed E-state index contributed by atoms with van der Waals surface area (Å²) < 4.78 is 5.58. The number of carbonyl (C=O) groups excluding carboxylic acids is 4. The molecule has 0 unspecified atom stereocenters. The van der Waals surface area contributed by atoms with E-state index < -0.39 is 17.5 Å². The number of likely N-dealkylation sites (tertiary alicyclic amines) is 1. The zero-order valence-corrected chi connectivity index (χ0v) is 24.0. The lowest BCUT2D eigenvalue weighted by molar-refractivity contribution is -0.141. The molecule has 218 valence electrons. The topological polar surface area (TPSA) is 117 Å². The largest absolute Gasteiger partial charge is 0.381 e. The number of benzene rings is 1. The molecule has 3 aliphatic rings. The van der Waals surface area contributed by atoms with Crippen LogP contribution in [0.4, 0.5) is 0 Å². The van der Waals surface area contributed by atoms with Crippen molar-refractivity contribution in [1.82, 2.24) is 20.9 Å². The van der Waals surface area contributed by atoms with E-state index in [1.165, 1.54) is 6.92 Å². The van der Waals surface area contributed by atoms with E-state index in [4.69, 9.17) is 4.74 Å². The molecule has 9 nitrogen and oxygen atoms in total. The molecule has 3 heterocycles. The number of allylic oxidation sites excluding steroid dienone is 2. The third kappa shape index (κ3) is 7.30. The van der Waals surface area contributed by atoms with Gasteiger partial charge in [-0.3, -0.25) is 19.2 Å². The summed E-state index contributed by atoms with van der Waals surface area (Å²) in [6, 6.07) is 8.32. The fourth-order valence-corrected chi connectivity index (χ4v) is 6.11. The van der Waals surface area contributed by atoms with Crippen LogP contribution in [0.3, 0.4) is 0 Å². The zero-order valence-electron chi connectivity index (χ0n) is 24.0. The summed E-state index contributed by atoms with van der Waals surface area (Å²) in [6.07, 6.45) is 7.67. The minimum atomic E-state index is -0.705. The number of nitrogens with zero attached hydrogens (tertiary/aromatic N) is 1. The number of hydrogen-bond donors (Lipinski definition) is 3. The van der Waals surface area contributed by atoms with Crippen LogP contribution in [0.15, 0.2) is 42.5 Å². The molecular formula is C31H44N4O5. The second-order valence-corrected chi connectivity index (χ2v) is 11.9. The summed E-state index contributed by atoms with van der Waals surface area (Å²) in [4.78, 5) is 54.5.